The summed E-state index contributed by atoms with van der Waals surface area (Å²) in [4.78, 5) is 0. The molecule has 0 saturated heterocycles. The minimum atomic E-state index is -3.39. The first-order chi connectivity index (χ1) is 7.99. The van der Waals surface area contributed by atoms with E-state index in [1.165, 1.54) is 25.3 Å². The molecule has 1 aliphatic carbocycles. The predicted octanol–water partition coefficient (Wildman–Crippen LogP) is 3.63. The zero-order valence-electron chi connectivity index (χ0n) is 9.08. The van der Waals surface area contributed by atoms with E-state index in [0.717, 1.165) is 17.8 Å². The SMILES string of the molecule is O=S(=O)(NCCC1CCC1)c1cc(Cl)c(Br)s1. The van der Waals surface area contributed by atoms with Crippen molar-refractivity contribution >= 4 is 48.9 Å². The third-order valence-corrected chi connectivity index (χ3v) is 7.37. The number of halogens is 2. The van der Waals surface area contributed by atoms with Crippen LogP contribution in [0.25, 0.3) is 0 Å². The highest BCUT2D eigenvalue weighted by Gasteiger charge is 2.21. The number of nitrogens with one attached hydrogen (secondary N) is 1. The Labute approximate surface area is 119 Å². The molecule has 17 heavy (non-hydrogen) atoms. The summed E-state index contributed by atoms with van der Waals surface area (Å²) < 4.78 is 27.3. The summed E-state index contributed by atoms with van der Waals surface area (Å²) in [6.45, 7) is 0.514. The van der Waals surface area contributed by atoms with Gasteiger partial charge < -0.3 is 0 Å². The van der Waals surface area contributed by atoms with Crippen LogP contribution in [0.4, 0.5) is 0 Å². The van der Waals surface area contributed by atoms with Gasteiger partial charge in [0.2, 0.25) is 10.0 Å². The van der Waals surface area contributed by atoms with Crippen LogP contribution in [-0.2, 0) is 10.0 Å². The van der Waals surface area contributed by atoms with Crippen LogP contribution in [0.3, 0.4) is 0 Å². The van der Waals surface area contributed by atoms with Crippen LogP contribution in [0.1, 0.15) is 25.7 Å². The first kappa shape index (κ1) is 13.8. The molecule has 7 heteroatoms. The van der Waals surface area contributed by atoms with Gasteiger partial charge in [-0.1, -0.05) is 30.9 Å². The van der Waals surface area contributed by atoms with Gasteiger partial charge in [0, 0.05) is 6.54 Å². The smallest absolute Gasteiger partial charge is 0.210 e. The van der Waals surface area contributed by atoms with Crippen molar-refractivity contribution in [2.24, 2.45) is 5.92 Å². The molecule has 2 rings (SSSR count). The van der Waals surface area contributed by atoms with Gasteiger partial charge >= 0.3 is 0 Å². The van der Waals surface area contributed by atoms with Crippen molar-refractivity contribution in [2.45, 2.75) is 29.9 Å². The highest BCUT2D eigenvalue weighted by atomic mass is 79.9. The highest BCUT2D eigenvalue weighted by molar-refractivity contribution is 9.11. The fourth-order valence-corrected chi connectivity index (χ4v) is 5.20. The van der Waals surface area contributed by atoms with Crippen LogP contribution in [-0.4, -0.2) is 15.0 Å². The molecule has 0 bridgehead atoms. The molecule has 0 atom stereocenters. The number of hydrogen-bond donors (Lipinski definition) is 1. The summed E-state index contributed by atoms with van der Waals surface area (Å²) in [5.41, 5.74) is 0. The molecule has 0 spiro atoms. The van der Waals surface area contributed by atoms with Crippen LogP contribution in [0, 0.1) is 5.92 Å². The summed E-state index contributed by atoms with van der Waals surface area (Å²) in [5, 5.41) is 0.439. The van der Waals surface area contributed by atoms with E-state index in [1.54, 1.807) is 0 Å². The first-order valence-electron chi connectivity index (χ1n) is 5.43. The Hall–Kier alpha value is 0.380. The normalized spacial score (nSPS) is 17.1. The molecule has 1 heterocycles. The van der Waals surface area contributed by atoms with Crippen molar-refractivity contribution in [2.75, 3.05) is 6.54 Å². The number of rotatable bonds is 5. The van der Waals surface area contributed by atoms with E-state index in [1.807, 2.05) is 0 Å². The maximum Gasteiger partial charge on any atom is 0.250 e. The maximum absolute atomic E-state index is 11.9. The van der Waals surface area contributed by atoms with E-state index >= 15 is 0 Å². The number of thiophene rings is 1. The molecule has 1 N–H and O–H groups in total. The molecule has 96 valence electrons. The number of sulfonamides is 1. The molecule has 1 fully saturated rings. The zero-order valence-corrected chi connectivity index (χ0v) is 13.1. The van der Waals surface area contributed by atoms with Crippen LogP contribution in [0.5, 0.6) is 0 Å². The molecule has 1 saturated carbocycles. The van der Waals surface area contributed by atoms with Gasteiger partial charge in [-0.15, -0.1) is 11.3 Å². The average Bonchev–Trinajstić information content (AvgIpc) is 2.52. The Bertz CT molecular complexity index is 477. The summed E-state index contributed by atoms with van der Waals surface area (Å²) in [6.07, 6.45) is 4.68. The Kier molecular flexibility index (Phi) is 4.52. The lowest BCUT2D eigenvalue weighted by Crippen LogP contribution is -2.27. The molecule has 1 aliphatic rings. The first-order valence-corrected chi connectivity index (χ1v) is 8.90. The van der Waals surface area contributed by atoms with Crippen molar-refractivity contribution in [3.8, 4) is 0 Å². The zero-order chi connectivity index (χ0) is 12.5. The molecule has 3 nitrogen and oxygen atoms in total. The van der Waals surface area contributed by atoms with Gasteiger partial charge in [0.05, 0.1) is 8.81 Å². The summed E-state index contributed by atoms with van der Waals surface area (Å²) >= 11 is 10.2. The lowest BCUT2D eigenvalue weighted by Gasteiger charge is -2.24. The van der Waals surface area contributed by atoms with E-state index in [9.17, 15) is 8.42 Å². The van der Waals surface area contributed by atoms with E-state index in [4.69, 9.17) is 11.6 Å². The van der Waals surface area contributed by atoms with Crippen LogP contribution >= 0.6 is 38.9 Å². The molecule has 0 radical (unpaired) electrons. The van der Waals surface area contributed by atoms with Crippen molar-refractivity contribution in [1.29, 1.82) is 0 Å². The molecule has 0 amide bonds. The van der Waals surface area contributed by atoms with E-state index < -0.39 is 10.0 Å². The predicted molar refractivity (Wildman–Crippen MR) is 74.2 cm³/mol. The monoisotopic (exact) mass is 357 g/mol. The Balaban J connectivity index is 1.93. The second kappa shape index (κ2) is 5.57. The molecule has 0 unspecified atom stereocenters. The van der Waals surface area contributed by atoms with Gasteiger partial charge in [0.15, 0.2) is 0 Å². The topological polar surface area (TPSA) is 46.2 Å². The van der Waals surface area contributed by atoms with Gasteiger partial charge in [-0.05, 0) is 34.3 Å². The molecular weight excluding hydrogens is 346 g/mol. The minimum Gasteiger partial charge on any atom is -0.210 e. The molecule has 0 aliphatic heterocycles. The lowest BCUT2D eigenvalue weighted by molar-refractivity contribution is 0.297. The van der Waals surface area contributed by atoms with Crippen molar-refractivity contribution in [3.63, 3.8) is 0 Å². The molecule has 0 aromatic carbocycles. The molecular formula is C10H13BrClNO2S2. The third-order valence-electron chi connectivity index (χ3n) is 2.96. The number of hydrogen-bond acceptors (Lipinski definition) is 3. The fourth-order valence-electron chi connectivity index (χ4n) is 1.71. The van der Waals surface area contributed by atoms with E-state index in [2.05, 4.69) is 20.7 Å². The van der Waals surface area contributed by atoms with Crippen molar-refractivity contribution < 1.29 is 8.42 Å². The Morgan fingerprint density at radius 3 is 2.71 bits per heavy atom. The van der Waals surface area contributed by atoms with Crippen LogP contribution in [0.15, 0.2) is 14.1 Å². The van der Waals surface area contributed by atoms with Gasteiger partial charge in [-0.3, -0.25) is 0 Å². The summed E-state index contributed by atoms with van der Waals surface area (Å²) in [7, 11) is -3.39. The Morgan fingerprint density at radius 2 is 2.24 bits per heavy atom. The standard InChI is InChI=1S/C10H13BrClNO2S2/c11-10-8(12)6-9(16-10)17(14,15)13-5-4-7-2-1-3-7/h6-7,13H,1-5H2. The van der Waals surface area contributed by atoms with Gasteiger partial charge in [-0.2, -0.15) is 0 Å². The van der Waals surface area contributed by atoms with Crippen molar-refractivity contribution in [1.82, 2.24) is 4.72 Å². The highest BCUT2D eigenvalue weighted by Crippen LogP contribution is 2.34. The largest absolute Gasteiger partial charge is 0.250 e. The van der Waals surface area contributed by atoms with E-state index in [-0.39, 0.29) is 4.21 Å². The lowest BCUT2D eigenvalue weighted by atomic mass is 9.83. The van der Waals surface area contributed by atoms with Gasteiger partial charge in [0.25, 0.3) is 0 Å². The third kappa shape index (κ3) is 3.44. The quantitative estimate of drug-likeness (QED) is 0.873. The average molecular weight is 359 g/mol. The second-order valence-electron chi connectivity index (χ2n) is 4.17. The van der Waals surface area contributed by atoms with Gasteiger partial charge in [-0.25, -0.2) is 13.1 Å². The molecule has 1 aromatic heterocycles. The van der Waals surface area contributed by atoms with Crippen LogP contribution in [0.2, 0.25) is 5.02 Å². The fraction of sp³-hybridized carbons (Fsp3) is 0.600. The van der Waals surface area contributed by atoms with E-state index in [0.29, 0.717) is 21.3 Å². The second-order valence-corrected chi connectivity index (χ2v) is 8.94. The Morgan fingerprint density at radius 1 is 1.53 bits per heavy atom. The van der Waals surface area contributed by atoms with Crippen molar-refractivity contribution in [3.05, 3.63) is 14.9 Å². The van der Waals surface area contributed by atoms with Crippen LogP contribution < -0.4 is 4.72 Å². The summed E-state index contributed by atoms with van der Waals surface area (Å²) in [5.74, 6) is 0.705. The van der Waals surface area contributed by atoms with Gasteiger partial charge in [0.1, 0.15) is 4.21 Å². The minimum absolute atomic E-state index is 0.267. The molecule has 1 aromatic rings. The maximum atomic E-state index is 11.9. The summed E-state index contributed by atoms with van der Waals surface area (Å²) in [6, 6.07) is 1.47.